The van der Waals surface area contributed by atoms with Crippen LogP contribution in [-0.2, 0) is 38.7 Å². The monoisotopic (exact) mass is 657 g/mol. The molecule has 0 unspecified atom stereocenters. The van der Waals surface area contributed by atoms with E-state index >= 15 is 0 Å². The molecule has 0 saturated carbocycles. The number of carbonyl (C=O) groups is 5. The first-order valence-electron chi connectivity index (χ1n) is 16.6. The van der Waals surface area contributed by atoms with Crippen LogP contribution in [0.3, 0.4) is 0 Å². The summed E-state index contributed by atoms with van der Waals surface area (Å²) in [5.41, 5.74) is 2.04. The normalized spacial score (nSPS) is 20.4. The lowest BCUT2D eigenvalue weighted by molar-refractivity contribution is -0.133. The van der Waals surface area contributed by atoms with E-state index in [1.165, 1.54) is 0 Å². The molecule has 0 saturated heterocycles. The Morgan fingerprint density at radius 1 is 0.896 bits per heavy atom. The molecule has 2 aliphatic rings. The molecule has 2 aliphatic heterocycles. The first kappa shape index (κ1) is 35.8. The summed E-state index contributed by atoms with van der Waals surface area (Å²) in [4.78, 5) is 72.8. The van der Waals surface area contributed by atoms with E-state index in [9.17, 15) is 24.0 Å². The number of nitrogens with zero attached hydrogens (tertiary/aromatic N) is 3. The zero-order chi connectivity index (χ0) is 34.6. The van der Waals surface area contributed by atoms with E-state index in [-0.39, 0.29) is 30.7 Å². The van der Waals surface area contributed by atoms with Gasteiger partial charge in [0, 0.05) is 44.0 Å². The number of fused-ring (bicyclic) bond motifs is 18. The number of aryl methyl sites for hydroxylation is 1. The van der Waals surface area contributed by atoms with Crippen molar-refractivity contribution in [3.63, 3.8) is 0 Å². The van der Waals surface area contributed by atoms with Gasteiger partial charge in [0.25, 0.3) is 5.91 Å². The summed E-state index contributed by atoms with van der Waals surface area (Å²) in [6.45, 7) is 8.62. The fourth-order valence-electron chi connectivity index (χ4n) is 5.54. The smallest absolute Gasteiger partial charge is 0.251 e. The Bertz CT molecular complexity index is 1550. The molecule has 48 heavy (non-hydrogen) atoms. The molecule has 0 spiro atoms. The molecule has 3 atom stereocenters. The molecule has 2 aromatic carbocycles. The Hall–Kier alpha value is -5.00. The molecule has 12 nitrogen and oxygen atoms in total. The minimum atomic E-state index is -0.975. The van der Waals surface area contributed by atoms with Crippen molar-refractivity contribution in [1.82, 2.24) is 35.7 Å². The first-order valence-corrected chi connectivity index (χ1v) is 16.6. The van der Waals surface area contributed by atoms with Gasteiger partial charge in [0.15, 0.2) is 0 Å². The van der Waals surface area contributed by atoms with Crippen LogP contribution in [0.2, 0.25) is 0 Å². The van der Waals surface area contributed by atoms with Crippen molar-refractivity contribution < 1.29 is 24.0 Å². The number of nitrogens with one attached hydrogen (secondary N) is 4. The van der Waals surface area contributed by atoms with Crippen molar-refractivity contribution in [2.24, 2.45) is 5.92 Å². The molecule has 1 aromatic heterocycles. The minimum Gasteiger partial charge on any atom is -0.354 e. The zero-order valence-corrected chi connectivity index (χ0v) is 28.2. The number of aromatic nitrogens is 2. The number of hydrogen-bond acceptors (Lipinski definition) is 6. The quantitative estimate of drug-likeness (QED) is 0.299. The molecule has 12 heteroatoms. The third-order valence-corrected chi connectivity index (χ3v) is 8.32. The van der Waals surface area contributed by atoms with Crippen LogP contribution in [0, 0.1) is 12.8 Å². The third kappa shape index (κ3) is 10.5. The lowest BCUT2D eigenvalue weighted by atomic mass is 10.0. The van der Waals surface area contributed by atoms with Crippen LogP contribution in [0.5, 0.6) is 0 Å². The van der Waals surface area contributed by atoms with Crippen LogP contribution in [0.15, 0.2) is 67.0 Å². The summed E-state index contributed by atoms with van der Waals surface area (Å²) in [7, 11) is 0. The molecule has 5 amide bonds. The van der Waals surface area contributed by atoms with E-state index in [2.05, 4.69) is 26.3 Å². The van der Waals surface area contributed by atoms with Crippen LogP contribution in [-0.4, -0.2) is 75.2 Å². The van der Waals surface area contributed by atoms with Crippen LogP contribution >= 0.6 is 0 Å². The Morgan fingerprint density at radius 3 is 2.27 bits per heavy atom. The Balaban J connectivity index is 1.60. The predicted molar refractivity (Wildman–Crippen MR) is 181 cm³/mol. The van der Waals surface area contributed by atoms with Gasteiger partial charge < -0.3 is 30.7 Å². The van der Waals surface area contributed by atoms with Gasteiger partial charge in [-0.05, 0) is 62.3 Å². The van der Waals surface area contributed by atoms with Gasteiger partial charge in [-0.1, -0.05) is 56.3 Å². The number of benzene rings is 2. The zero-order valence-electron chi connectivity index (χ0n) is 28.2. The standard InChI is InChI=1S/C36H47N7O5/c1-24(2)20-30-35(47)39-25(3)33(45)38-16-8-9-18-43(32(44)23-42-19-17-37-26(42)4)22-28-12-14-29(15-13-28)34(46)40-31(36(48)41-30)21-27-10-6-5-7-11-27/h5-7,10-15,17,19,24-25,30-31H,8-9,16,18,20-23H2,1-4H3,(H,38,45)(H,39,47)(H,40,46)(H,41,48)/t25-,30+,31-/m1/s1. The summed E-state index contributed by atoms with van der Waals surface area (Å²) in [5, 5.41) is 11.3. The van der Waals surface area contributed by atoms with Gasteiger partial charge in [0.1, 0.15) is 30.5 Å². The summed E-state index contributed by atoms with van der Waals surface area (Å²) in [5.74, 6) is -1.05. The highest BCUT2D eigenvalue weighted by Gasteiger charge is 2.29. The van der Waals surface area contributed by atoms with Crippen molar-refractivity contribution in [3.8, 4) is 0 Å². The molecule has 0 radical (unpaired) electrons. The molecule has 4 N–H and O–H groups in total. The lowest BCUT2D eigenvalue weighted by Gasteiger charge is -2.25. The SMILES string of the molecule is Cc1nccn1CC(=O)N1CCCCNC(=O)[C@@H](C)NC(=O)[C@H](CC(C)C)NC(=O)[C@@H](Cc2ccccc2)NC(=O)c2ccc(cc2)C1. The highest BCUT2D eigenvalue weighted by molar-refractivity contribution is 5.99. The number of amides is 5. The van der Waals surface area contributed by atoms with E-state index in [1.54, 1.807) is 53.0 Å². The average molecular weight is 658 g/mol. The maximum absolute atomic E-state index is 13.7. The number of imidazole rings is 1. The lowest BCUT2D eigenvalue weighted by Crippen LogP contribution is -2.57. The van der Waals surface area contributed by atoms with E-state index in [0.717, 1.165) is 17.0 Å². The van der Waals surface area contributed by atoms with Gasteiger partial charge in [0.05, 0.1) is 0 Å². The second-order valence-corrected chi connectivity index (χ2v) is 12.7. The van der Waals surface area contributed by atoms with Gasteiger partial charge in [-0.25, -0.2) is 4.98 Å². The van der Waals surface area contributed by atoms with Crippen LogP contribution in [0.1, 0.15) is 67.3 Å². The molecule has 0 aliphatic carbocycles. The molecule has 2 bridgehead atoms. The Kier molecular flexibility index (Phi) is 12.9. The highest BCUT2D eigenvalue weighted by Crippen LogP contribution is 2.13. The molecule has 3 heterocycles. The Morgan fingerprint density at radius 2 is 1.60 bits per heavy atom. The predicted octanol–water partition coefficient (Wildman–Crippen LogP) is 2.51. The van der Waals surface area contributed by atoms with Crippen molar-refractivity contribution in [1.29, 1.82) is 0 Å². The largest absolute Gasteiger partial charge is 0.354 e. The van der Waals surface area contributed by atoms with Crippen LogP contribution < -0.4 is 21.3 Å². The molecule has 0 fully saturated rings. The molecular formula is C36H47N7O5. The number of rotatable bonds is 6. The van der Waals surface area contributed by atoms with E-state index in [1.807, 2.05) is 51.1 Å². The number of hydrogen-bond donors (Lipinski definition) is 4. The van der Waals surface area contributed by atoms with E-state index in [0.29, 0.717) is 44.5 Å². The number of carbonyl (C=O) groups excluding carboxylic acids is 5. The maximum Gasteiger partial charge on any atom is 0.251 e. The first-order chi connectivity index (χ1) is 23.0. The van der Waals surface area contributed by atoms with Crippen molar-refractivity contribution >= 4 is 29.5 Å². The van der Waals surface area contributed by atoms with E-state index in [4.69, 9.17) is 0 Å². The summed E-state index contributed by atoms with van der Waals surface area (Å²) in [6, 6.07) is 13.6. The summed E-state index contributed by atoms with van der Waals surface area (Å²) in [6.07, 6.45) is 5.23. The fourth-order valence-corrected chi connectivity index (χ4v) is 5.54. The summed E-state index contributed by atoms with van der Waals surface area (Å²) >= 11 is 0. The van der Waals surface area contributed by atoms with Gasteiger partial charge in [-0.15, -0.1) is 0 Å². The van der Waals surface area contributed by atoms with Gasteiger partial charge in [-0.2, -0.15) is 0 Å². The van der Waals surface area contributed by atoms with Crippen molar-refractivity contribution in [3.05, 3.63) is 89.5 Å². The van der Waals surface area contributed by atoms with Crippen LogP contribution in [0.25, 0.3) is 0 Å². The topological polar surface area (TPSA) is 155 Å². The van der Waals surface area contributed by atoms with Crippen molar-refractivity contribution in [2.75, 3.05) is 13.1 Å². The maximum atomic E-state index is 13.7. The van der Waals surface area contributed by atoms with Crippen molar-refractivity contribution in [2.45, 2.75) is 84.6 Å². The summed E-state index contributed by atoms with van der Waals surface area (Å²) < 4.78 is 1.79. The van der Waals surface area contributed by atoms with Gasteiger partial charge in [0.2, 0.25) is 23.6 Å². The van der Waals surface area contributed by atoms with Gasteiger partial charge >= 0.3 is 0 Å². The third-order valence-electron chi connectivity index (χ3n) is 8.32. The second-order valence-electron chi connectivity index (χ2n) is 12.7. The average Bonchev–Trinajstić information content (AvgIpc) is 3.46. The van der Waals surface area contributed by atoms with E-state index < -0.39 is 35.8 Å². The molecular weight excluding hydrogens is 610 g/mol. The molecule has 5 rings (SSSR count). The highest BCUT2D eigenvalue weighted by atomic mass is 16.2. The second kappa shape index (κ2) is 17.2. The molecule has 256 valence electrons. The van der Waals surface area contributed by atoms with Crippen LogP contribution in [0.4, 0.5) is 0 Å². The molecule has 3 aromatic rings. The van der Waals surface area contributed by atoms with Gasteiger partial charge in [-0.3, -0.25) is 24.0 Å². The Labute approximate surface area is 282 Å². The fraction of sp³-hybridized carbons (Fsp3) is 0.444. The minimum absolute atomic E-state index is 0.0655.